The molecule has 0 bridgehead atoms. The Morgan fingerprint density at radius 3 is 2.68 bits per heavy atom. The first-order valence-corrected chi connectivity index (χ1v) is 10.3. The number of carbonyl (C=O) groups excluding carboxylic acids is 2. The van der Waals surface area contributed by atoms with Crippen molar-refractivity contribution in [2.75, 3.05) is 11.9 Å². The summed E-state index contributed by atoms with van der Waals surface area (Å²) in [6.07, 6.45) is 4.01. The molecule has 0 aliphatic heterocycles. The number of esters is 1. The predicted molar refractivity (Wildman–Crippen MR) is 109 cm³/mol. The van der Waals surface area contributed by atoms with Crippen LogP contribution in [0.15, 0.2) is 6.07 Å². The van der Waals surface area contributed by atoms with Gasteiger partial charge in [-0.05, 0) is 65.0 Å². The van der Waals surface area contributed by atoms with Crippen LogP contribution in [0.25, 0.3) is 0 Å². The SMILES string of the molecule is Cc1cc(C(=O)OCC(=O)Nc2sc3c(c2C#N)CCCC3)c(C)n1C(C)C. The molecule has 2 heterocycles. The van der Waals surface area contributed by atoms with Gasteiger partial charge in [-0.1, -0.05) is 0 Å². The highest BCUT2D eigenvalue weighted by Crippen LogP contribution is 2.37. The molecule has 2 aromatic heterocycles. The number of aryl methyl sites for hydroxylation is 2. The Balaban J connectivity index is 1.66. The molecule has 6 nitrogen and oxygen atoms in total. The molecule has 28 heavy (non-hydrogen) atoms. The van der Waals surface area contributed by atoms with Crippen molar-refractivity contribution in [2.45, 2.75) is 59.4 Å². The molecule has 1 N–H and O–H groups in total. The van der Waals surface area contributed by atoms with Gasteiger partial charge in [0.15, 0.2) is 6.61 Å². The van der Waals surface area contributed by atoms with Crippen LogP contribution in [0.5, 0.6) is 0 Å². The van der Waals surface area contributed by atoms with Crippen LogP contribution in [-0.2, 0) is 22.4 Å². The molecular formula is C21H25N3O3S. The summed E-state index contributed by atoms with van der Waals surface area (Å²) in [5.41, 5.74) is 3.90. The molecule has 0 fully saturated rings. The quantitative estimate of drug-likeness (QED) is 0.760. The van der Waals surface area contributed by atoms with Crippen LogP contribution < -0.4 is 5.32 Å². The van der Waals surface area contributed by atoms with E-state index in [1.807, 2.05) is 13.8 Å². The first-order chi connectivity index (χ1) is 13.3. The second kappa shape index (κ2) is 8.19. The van der Waals surface area contributed by atoms with Gasteiger partial charge in [0.25, 0.3) is 5.91 Å². The third-order valence-corrected chi connectivity index (χ3v) is 6.30. The maximum absolute atomic E-state index is 12.4. The number of fused-ring (bicyclic) bond motifs is 1. The zero-order chi connectivity index (χ0) is 20.4. The Hall–Kier alpha value is -2.59. The number of ether oxygens (including phenoxy) is 1. The van der Waals surface area contributed by atoms with Gasteiger partial charge in [-0.2, -0.15) is 5.26 Å². The number of hydrogen-bond acceptors (Lipinski definition) is 5. The summed E-state index contributed by atoms with van der Waals surface area (Å²) in [5.74, 6) is -0.942. The summed E-state index contributed by atoms with van der Waals surface area (Å²) in [4.78, 5) is 25.9. The van der Waals surface area contributed by atoms with E-state index in [4.69, 9.17) is 4.74 Å². The van der Waals surface area contributed by atoms with Crippen molar-refractivity contribution in [2.24, 2.45) is 0 Å². The molecule has 148 valence electrons. The second-order valence-corrected chi connectivity index (χ2v) is 8.50. The lowest BCUT2D eigenvalue weighted by molar-refractivity contribution is -0.119. The highest BCUT2D eigenvalue weighted by atomic mass is 32.1. The molecule has 0 aromatic carbocycles. The normalized spacial score (nSPS) is 13.1. The molecule has 0 saturated heterocycles. The van der Waals surface area contributed by atoms with Gasteiger partial charge in [-0.15, -0.1) is 11.3 Å². The van der Waals surface area contributed by atoms with Crippen molar-refractivity contribution >= 4 is 28.2 Å². The van der Waals surface area contributed by atoms with E-state index in [-0.39, 0.29) is 12.6 Å². The van der Waals surface area contributed by atoms with E-state index in [0.29, 0.717) is 16.1 Å². The Labute approximate surface area is 169 Å². The highest BCUT2D eigenvalue weighted by Gasteiger charge is 2.23. The first-order valence-electron chi connectivity index (χ1n) is 9.53. The topological polar surface area (TPSA) is 84.1 Å². The number of amides is 1. The Morgan fingerprint density at radius 2 is 2.04 bits per heavy atom. The van der Waals surface area contributed by atoms with E-state index in [9.17, 15) is 14.9 Å². The summed E-state index contributed by atoms with van der Waals surface area (Å²) in [7, 11) is 0. The van der Waals surface area contributed by atoms with Crippen molar-refractivity contribution in [3.05, 3.63) is 39.0 Å². The minimum Gasteiger partial charge on any atom is -0.452 e. The smallest absolute Gasteiger partial charge is 0.340 e. The number of aromatic nitrogens is 1. The molecule has 0 saturated carbocycles. The number of anilines is 1. The Kier molecular flexibility index (Phi) is 5.90. The van der Waals surface area contributed by atoms with Crippen molar-refractivity contribution in [3.8, 4) is 6.07 Å². The minimum absolute atomic E-state index is 0.235. The number of nitrogens with one attached hydrogen (secondary N) is 1. The third kappa shape index (κ3) is 3.83. The highest BCUT2D eigenvalue weighted by molar-refractivity contribution is 7.16. The van der Waals surface area contributed by atoms with Crippen LogP contribution in [0, 0.1) is 25.2 Å². The minimum atomic E-state index is -0.513. The lowest BCUT2D eigenvalue weighted by Crippen LogP contribution is -2.21. The number of nitrogens with zero attached hydrogens (tertiary/aromatic N) is 2. The number of nitriles is 1. The van der Waals surface area contributed by atoms with Crippen molar-refractivity contribution in [1.82, 2.24) is 4.57 Å². The lowest BCUT2D eigenvalue weighted by atomic mass is 9.96. The monoisotopic (exact) mass is 399 g/mol. The van der Waals surface area contributed by atoms with E-state index in [2.05, 4.69) is 29.8 Å². The van der Waals surface area contributed by atoms with E-state index in [1.165, 1.54) is 16.2 Å². The summed E-state index contributed by atoms with van der Waals surface area (Å²) >= 11 is 1.46. The molecule has 3 rings (SSSR count). The Bertz CT molecular complexity index is 963. The van der Waals surface area contributed by atoms with Gasteiger partial charge >= 0.3 is 5.97 Å². The lowest BCUT2D eigenvalue weighted by Gasteiger charge is -2.13. The van der Waals surface area contributed by atoms with Crippen LogP contribution >= 0.6 is 11.3 Å². The summed E-state index contributed by atoms with van der Waals surface area (Å²) < 4.78 is 7.29. The van der Waals surface area contributed by atoms with Gasteiger partial charge in [0.1, 0.15) is 11.1 Å². The number of rotatable bonds is 5. The van der Waals surface area contributed by atoms with Crippen molar-refractivity contribution in [1.29, 1.82) is 5.26 Å². The molecule has 1 amide bonds. The van der Waals surface area contributed by atoms with Gasteiger partial charge in [0, 0.05) is 22.3 Å². The van der Waals surface area contributed by atoms with Crippen LogP contribution in [-0.4, -0.2) is 23.1 Å². The molecule has 0 radical (unpaired) electrons. The first kappa shape index (κ1) is 20.2. The largest absolute Gasteiger partial charge is 0.452 e. The fourth-order valence-electron chi connectivity index (χ4n) is 3.92. The fraction of sp³-hybridized carbons (Fsp3) is 0.476. The van der Waals surface area contributed by atoms with Gasteiger partial charge in [0.2, 0.25) is 0 Å². The zero-order valence-corrected chi connectivity index (χ0v) is 17.5. The van der Waals surface area contributed by atoms with Gasteiger partial charge < -0.3 is 14.6 Å². The van der Waals surface area contributed by atoms with Gasteiger partial charge in [-0.25, -0.2) is 4.79 Å². The zero-order valence-electron chi connectivity index (χ0n) is 16.7. The Morgan fingerprint density at radius 1 is 1.32 bits per heavy atom. The van der Waals surface area contributed by atoms with E-state index in [1.54, 1.807) is 6.07 Å². The molecular weight excluding hydrogens is 374 g/mol. The second-order valence-electron chi connectivity index (χ2n) is 7.40. The number of carbonyl (C=O) groups is 2. The molecule has 0 spiro atoms. The van der Waals surface area contributed by atoms with Gasteiger partial charge in [-0.3, -0.25) is 4.79 Å². The molecule has 2 aromatic rings. The maximum Gasteiger partial charge on any atom is 0.340 e. The number of hydrogen-bond donors (Lipinski definition) is 1. The van der Waals surface area contributed by atoms with E-state index >= 15 is 0 Å². The third-order valence-electron chi connectivity index (χ3n) is 5.09. The van der Waals surface area contributed by atoms with Crippen molar-refractivity contribution in [3.63, 3.8) is 0 Å². The standard InChI is InChI=1S/C21H25N3O3S/c1-12(2)24-13(3)9-16(14(24)4)21(26)27-11-19(25)23-20-17(10-22)15-7-5-6-8-18(15)28-20/h9,12H,5-8,11H2,1-4H3,(H,23,25). The average molecular weight is 400 g/mol. The predicted octanol–water partition coefficient (Wildman–Crippen LogP) is 4.29. The van der Waals surface area contributed by atoms with Gasteiger partial charge in [0.05, 0.1) is 11.1 Å². The van der Waals surface area contributed by atoms with Crippen molar-refractivity contribution < 1.29 is 14.3 Å². The van der Waals surface area contributed by atoms with Crippen LogP contribution in [0.1, 0.15) is 70.5 Å². The van der Waals surface area contributed by atoms with Crippen LogP contribution in [0.4, 0.5) is 5.00 Å². The van der Waals surface area contributed by atoms with E-state index < -0.39 is 11.9 Å². The summed E-state index contributed by atoms with van der Waals surface area (Å²) in [6, 6.07) is 4.24. The number of thiophene rings is 1. The molecule has 1 aliphatic carbocycles. The van der Waals surface area contributed by atoms with Crippen LogP contribution in [0.2, 0.25) is 0 Å². The summed E-state index contributed by atoms with van der Waals surface area (Å²) in [5, 5.41) is 12.8. The molecule has 1 aliphatic rings. The fourth-order valence-corrected chi connectivity index (χ4v) is 5.18. The van der Waals surface area contributed by atoms with Crippen LogP contribution in [0.3, 0.4) is 0 Å². The maximum atomic E-state index is 12.4. The average Bonchev–Trinajstić information content (AvgIpc) is 3.15. The molecule has 7 heteroatoms. The molecule has 0 atom stereocenters. The molecule has 0 unspecified atom stereocenters. The summed E-state index contributed by atoms with van der Waals surface area (Å²) in [6.45, 7) is 7.54. The van der Waals surface area contributed by atoms with E-state index in [0.717, 1.165) is 42.6 Å².